The summed E-state index contributed by atoms with van der Waals surface area (Å²) in [6.45, 7) is 0. The fourth-order valence-corrected chi connectivity index (χ4v) is 9.32. The van der Waals surface area contributed by atoms with Gasteiger partial charge in [-0.25, -0.2) is 0 Å². The molecular formula is C56H34N2. The van der Waals surface area contributed by atoms with Crippen molar-refractivity contribution in [1.29, 1.82) is 0 Å². The molecule has 0 aliphatic heterocycles. The minimum Gasteiger partial charge on any atom is -0.309 e. The lowest BCUT2D eigenvalue weighted by molar-refractivity contribution is 1.18. The SMILES string of the molecule is c1cccc(N(c2ccc(-c3ccc(-n4c5ccccc5c5cc6ccccc6cc54)cc3)c(-c3ccccc3)c2)c2ccc3c(c2)-c2cccc4cccc-3c24)c#1. The summed E-state index contributed by atoms with van der Waals surface area (Å²) >= 11 is 0. The second-order valence-corrected chi connectivity index (χ2v) is 15.2. The van der Waals surface area contributed by atoms with Crippen LogP contribution in [0.1, 0.15) is 0 Å². The highest BCUT2D eigenvalue weighted by Crippen LogP contribution is 2.50. The van der Waals surface area contributed by atoms with Crippen molar-refractivity contribution in [3.05, 3.63) is 218 Å². The lowest BCUT2D eigenvalue weighted by Gasteiger charge is -2.26. The molecule has 0 radical (unpaired) electrons. The quantitative estimate of drug-likeness (QED) is 0.165. The number of nitrogens with zero attached hydrogens (tertiary/aromatic N) is 2. The summed E-state index contributed by atoms with van der Waals surface area (Å²) in [5.41, 5.74) is 16.4. The maximum absolute atomic E-state index is 3.43. The number of fused-ring (bicyclic) bond motifs is 7. The van der Waals surface area contributed by atoms with E-state index in [9.17, 15) is 0 Å². The number of hydrogen-bond acceptors (Lipinski definition) is 1. The first-order chi connectivity index (χ1) is 28.8. The largest absolute Gasteiger partial charge is 0.309 e. The molecule has 1 aliphatic carbocycles. The summed E-state index contributed by atoms with van der Waals surface area (Å²) in [5, 5.41) is 7.63. The summed E-state index contributed by atoms with van der Waals surface area (Å²) in [5.74, 6) is 0. The van der Waals surface area contributed by atoms with Crippen molar-refractivity contribution in [2.75, 3.05) is 4.90 Å². The lowest BCUT2D eigenvalue weighted by Crippen LogP contribution is -2.10. The highest BCUT2D eigenvalue weighted by Gasteiger charge is 2.24. The minimum absolute atomic E-state index is 0.936. The van der Waals surface area contributed by atoms with Gasteiger partial charge in [0.05, 0.1) is 16.7 Å². The van der Waals surface area contributed by atoms with E-state index < -0.39 is 0 Å². The van der Waals surface area contributed by atoms with Gasteiger partial charge in [0.25, 0.3) is 0 Å². The van der Waals surface area contributed by atoms with Crippen molar-refractivity contribution in [3.8, 4) is 50.2 Å². The van der Waals surface area contributed by atoms with Crippen LogP contribution in [0.3, 0.4) is 0 Å². The molecule has 12 rings (SSSR count). The Balaban J connectivity index is 0.996. The molecule has 0 saturated carbocycles. The zero-order valence-corrected chi connectivity index (χ0v) is 31.5. The molecule has 0 atom stereocenters. The van der Waals surface area contributed by atoms with E-state index in [0.717, 1.165) is 39.4 Å². The van der Waals surface area contributed by atoms with Crippen molar-refractivity contribution in [3.63, 3.8) is 0 Å². The maximum Gasteiger partial charge on any atom is 0.0973 e. The summed E-state index contributed by atoms with van der Waals surface area (Å²) < 4.78 is 2.41. The average Bonchev–Trinajstić information content (AvgIpc) is 3.79. The van der Waals surface area contributed by atoms with E-state index >= 15 is 0 Å². The Morgan fingerprint density at radius 1 is 0.379 bits per heavy atom. The standard InChI is InChI=1S/C56H34N2/c1-3-13-37(14-4-1)51-35-44(57(42-19-5-2-6-20-42)45-30-32-47-49-22-11-17-39-18-12-23-50(56(39)49)52(47)36-45)29-31-46(51)38-25-27-43(28-26-38)58-54-24-10-9-21-48(54)53-33-40-15-7-8-16-41(40)34-55(53)58/h1-5,7-19,21-36H. The molecule has 2 nitrogen and oxygen atoms in total. The van der Waals surface area contributed by atoms with Crippen LogP contribution in [0.2, 0.25) is 0 Å². The Bertz CT molecular complexity index is 3370. The fourth-order valence-electron chi connectivity index (χ4n) is 9.32. The molecule has 1 heterocycles. The summed E-state index contributed by atoms with van der Waals surface area (Å²) in [6, 6.07) is 81.6. The number of anilines is 3. The number of aromatic nitrogens is 1. The van der Waals surface area contributed by atoms with Gasteiger partial charge in [-0.15, -0.1) is 0 Å². The molecule has 0 bridgehead atoms. The third-order valence-corrected chi connectivity index (χ3v) is 11.9. The smallest absolute Gasteiger partial charge is 0.0973 e. The summed E-state index contributed by atoms with van der Waals surface area (Å²) in [6.07, 6.45) is 0. The molecule has 1 aliphatic rings. The van der Waals surface area contributed by atoms with Crippen LogP contribution in [-0.2, 0) is 0 Å². The molecule has 2 heteroatoms. The second-order valence-electron chi connectivity index (χ2n) is 15.2. The Labute approximate surface area is 337 Å². The van der Waals surface area contributed by atoms with Crippen LogP contribution in [0.4, 0.5) is 17.1 Å². The van der Waals surface area contributed by atoms with Crippen LogP contribution in [0.5, 0.6) is 0 Å². The summed E-state index contributed by atoms with van der Waals surface area (Å²) in [7, 11) is 0. The van der Waals surface area contributed by atoms with E-state index in [2.05, 4.69) is 216 Å². The average molecular weight is 735 g/mol. The number of rotatable bonds is 6. The Morgan fingerprint density at radius 2 is 1.03 bits per heavy atom. The molecule has 0 fully saturated rings. The normalized spacial score (nSPS) is 11.7. The van der Waals surface area contributed by atoms with Gasteiger partial charge in [0.2, 0.25) is 0 Å². The maximum atomic E-state index is 3.43. The molecular weight excluding hydrogens is 701 g/mol. The topological polar surface area (TPSA) is 8.17 Å². The third-order valence-electron chi connectivity index (χ3n) is 11.9. The molecule has 0 amide bonds. The molecule has 58 heavy (non-hydrogen) atoms. The van der Waals surface area contributed by atoms with E-state index in [0.29, 0.717) is 0 Å². The van der Waals surface area contributed by atoms with Crippen LogP contribution in [0.25, 0.3) is 93.5 Å². The van der Waals surface area contributed by atoms with Crippen LogP contribution in [0.15, 0.2) is 206 Å². The van der Waals surface area contributed by atoms with Crippen LogP contribution < -0.4 is 4.90 Å². The molecule has 0 saturated heterocycles. The van der Waals surface area contributed by atoms with Gasteiger partial charge < -0.3 is 9.47 Å². The van der Waals surface area contributed by atoms with Gasteiger partial charge in [-0.1, -0.05) is 146 Å². The zero-order valence-electron chi connectivity index (χ0n) is 31.5. The molecule has 0 N–H and O–H groups in total. The van der Waals surface area contributed by atoms with Crippen molar-refractivity contribution in [1.82, 2.24) is 4.57 Å². The van der Waals surface area contributed by atoms with Crippen molar-refractivity contribution >= 4 is 60.4 Å². The van der Waals surface area contributed by atoms with Crippen molar-refractivity contribution in [2.45, 2.75) is 0 Å². The number of hydrogen-bond donors (Lipinski definition) is 0. The van der Waals surface area contributed by atoms with E-state index in [1.165, 1.54) is 71.2 Å². The minimum atomic E-state index is 0.936. The van der Waals surface area contributed by atoms with E-state index in [-0.39, 0.29) is 0 Å². The van der Waals surface area contributed by atoms with Gasteiger partial charge >= 0.3 is 0 Å². The lowest BCUT2D eigenvalue weighted by atomic mass is 9.93. The predicted molar refractivity (Wildman–Crippen MR) is 243 cm³/mol. The first-order valence-electron chi connectivity index (χ1n) is 19.8. The fraction of sp³-hybridized carbons (Fsp3) is 0. The van der Waals surface area contributed by atoms with Gasteiger partial charge in [-0.2, -0.15) is 0 Å². The van der Waals surface area contributed by atoms with Crippen LogP contribution in [-0.4, -0.2) is 4.57 Å². The zero-order chi connectivity index (χ0) is 38.2. The molecule has 268 valence electrons. The first kappa shape index (κ1) is 32.4. The monoisotopic (exact) mass is 734 g/mol. The van der Waals surface area contributed by atoms with Gasteiger partial charge in [0.15, 0.2) is 0 Å². The van der Waals surface area contributed by atoms with Crippen molar-refractivity contribution in [2.24, 2.45) is 0 Å². The summed E-state index contributed by atoms with van der Waals surface area (Å²) in [4.78, 5) is 2.31. The Morgan fingerprint density at radius 3 is 1.81 bits per heavy atom. The number of para-hydroxylation sites is 1. The van der Waals surface area contributed by atoms with E-state index in [1.54, 1.807) is 0 Å². The third kappa shape index (κ3) is 5.01. The molecule has 10 aromatic carbocycles. The highest BCUT2D eigenvalue weighted by atomic mass is 15.1. The van der Waals surface area contributed by atoms with Crippen molar-refractivity contribution < 1.29 is 0 Å². The van der Waals surface area contributed by atoms with Gasteiger partial charge in [-0.05, 0) is 139 Å². The van der Waals surface area contributed by atoms with E-state index in [1.807, 2.05) is 12.1 Å². The molecule has 1 aromatic heterocycles. The molecule has 11 aromatic rings. The highest BCUT2D eigenvalue weighted by molar-refractivity contribution is 6.16. The first-order valence-corrected chi connectivity index (χ1v) is 19.8. The Hall–Kier alpha value is -7.86. The van der Waals surface area contributed by atoms with Crippen LogP contribution in [0, 0.1) is 12.1 Å². The van der Waals surface area contributed by atoms with Gasteiger partial charge in [-0.3, -0.25) is 0 Å². The van der Waals surface area contributed by atoms with Crippen LogP contribution >= 0.6 is 0 Å². The van der Waals surface area contributed by atoms with Gasteiger partial charge in [0, 0.05) is 27.8 Å². The predicted octanol–water partition coefficient (Wildman–Crippen LogP) is 15.1. The van der Waals surface area contributed by atoms with E-state index in [4.69, 9.17) is 0 Å². The number of benzene rings is 9. The molecule has 0 spiro atoms. The van der Waals surface area contributed by atoms with Gasteiger partial charge in [0.1, 0.15) is 0 Å². The second kappa shape index (κ2) is 12.8. The molecule has 0 unspecified atom stereocenters. The Kier molecular flexibility index (Phi) is 7.18.